The maximum atomic E-state index is 12.5. The van der Waals surface area contributed by atoms with Gasteiger partial charge in [-0.15, -0.1) is 0 Å². The first kappa shape index (κ1) is 18.8. The summed E-state index contributed by atoms with van der Waals surface area (Å²) >= 11 is 0. The molecule has 23 heavy (non-hydrogen) atoms. The van der Waals surface area contributed by atoms with E-state index in [2.05, 4.69) is 10.6 Å². The van der Waals surface area contributed by atoms with Gasteiger partial charge in [0.1, 0.15) is 17.5 Å². The molecule has 0 saturated heterocycles. The minimum atomic E-state index is -0.613. The first-order valence-corrected chi connectivity index (χ1v) is 7.86. The summed E-state index contributed by atoms with van der Waals surface area (Å²) in [7, 11) is 0. The zero-order valence-electron chi connectivity index (χ0n) is 14.4. The minimum Gasteiger partial charge on any atom is -0.494 e. The molecule has 0 heterocycles. The van der Waals surface area contributed by atoms with Crippen LogP contribution in [0.25, 0.3) is 0 Å². The van der Waals surface area contributed by atoms with Gasteiger partial charge in [-0.3, -0.25) is 9.59 Å². The van der Waals surface area contributed by atoms with Crippen LogP contribution >= 0.6 is 0 Å². The lowest BCUT2D eigenvalue weighted by Crippen LogP contribution is -2.46. The number of hydrogen-bond donors (Lipinski definition) is 2. The molecule has 0 spiro atoms. The van der Waals surface area contributed by atoms with Gasteiger partial charge in [-0.25, -0.2) is 0 Å². The molecule has 1 rings (SSSR count). The zero-order valence-corrected chi connectivity index (χ0v) is 14.4. The fourth-order valence-corrected chi connectivity index (χ4v) is 2.11. The van der Waals surface area contributed by atoms with Crippen LogP contribution in [-0.4, -0.2) is 31.1 Å². The maximum absolute atomic E-state index is 12.5. The van der Waals surface area contributed by atoms with E-state index >= 15 is 0 Å². The van der Waals surface area contributed by atoms with Crippen LogP contribution in [0.3, 0.4) is 0 Å². The fraction of sp³-hybridized carbons (Fsp3) is 0.529. The first-order chi connectivity index (χ1) is 10.9. The highest BCUT2D eigenvalue weighted by molar-refractivity contribution is 5.98. The maximum Gasteiger partial charge on any atom is 0.247 e. The highest BCUT2D eigenvalue weighted by Gasteiger charge is 2.24. The van der Waals surface area contributed by atoms with E-state index in [9.17, 15) is 9.59 Å². The highest BCUT2D eigenvalue weighted by atomic mass is 16.5. The molecule has 0 radical (unpaired) electrons. The summed E-state index contributed by atoms with van der Waals surface area (Å²) in [4.78, 5) is 23.8. The van der Waals surface area contributed by atoms with Crippen molar-refractivity contribution in [2.24, 2.45) is 5.92 Å². The van der Waals surface area contributed by atoms with Gasteiger partial charge in [-0.1, -0.05) is 13.8 Å². The Balaban J connectivity index is 3.00. The van der Waals surface area contributed by atoms with Crippen molar-refractivity contribution in [1.29, 1.82) is 0 Å². The van der Waals surface area contributed by atoms with Crippen molar-refractivity contribution in [3.05, 3.63) is 18.2 Å². The van der Waals surface area contributed by atoms with Gasteiger partial charge in [-0.05, 0) is 31.9 Å². The van der Waals surface area contributed by atoms with Crippen molar-refractivity contribution < 1.29 is 19.1 Å². The lowest BCUT2D eigenvalue weighted by molar-refractivity contribution is -0.126. The molecule has 6 heteroatoms. The normalized spacial score (nSPS) is 11.7. The number of hydrogen-bond acceptors (Lipinski definition) is 4. The molecule has 0 aromatic heterocycles. The average molecular weight is 322 g/mol. The summed E-state index contributed by atoms with van der Waals surface area (Å²) in [6, 6.07) is 4.65. The van der Waals surface area contributed by atoms with E-state index in [0.29, 0.717) is 30.4 Å². The van der Waals surface area contributed by atoms with E-state index in [4.69, 9.17) is 9.47 Å². The molecule has 2 amide bonds. The quantitative estimate of drug-likeness (QED) is 0.771. The van der Waals surface area contributed by atoms with E-state index in [1.165, 1.54) is 6.92 Å². The number of rotatable bonds is 8. The Labute approximate surface area is 137 Å². The standard InChI is InChI=1S/C17H26N2O4/c1-6-22-13-8-9-15(23-7-2)14(10-13)19-17(21)16(11(3)4)18-12(5)20/h8-11,16H,6-7H2,1-5H3,(H,18,20)(H,19,21)/t16-/m0/s1. The molecule has 0 aliphatic carbocycles. The van der Waals surface area contributed by atoms with Gasteiger partial charge in [0.05, 0.1) is 18.9 Å². The second kappa shape index (κ2) is 9.02. The van der Waals surface area contributed by atoms with E-state index in [-0.39, 0.29) is 17.7 Å². The molecular formula is C17H26N2O4. The van der Waals surface area contributed by atoms with Gasteiger partial charge >= 0.3 is 0 Å². The van der Waals surface area contributed by atoms with E-state index in [1.807, 2.05) is 27.7 Å². The largest absolute Gasteiger partial charge is 0.494 e. The predicted octanol–water partition coefficient (Wildman–Crippen LogP) is 2.58. The Morgan fingerprint density at radius 1 is 1.13 bits per heavy atom. The summed E-state index contributed by atoms with van der Waals surface area (Å²) in [5.41, 5.74) is 0.527. The van der Waals surface area contributed by atoms with Gasteiger partial charge in [-0.2, -0.15) is 0 Å². The molecular weight excluding hydrogens is 296 g/mol. The van der Waals surface area contributed by atoms with Crippen LogP contribution in [0.4, 0.5) is 5.69 Å². The van der Waals surface area contributed by atoms with Crippen molar-refractivity contribution in [3.63, 3.8) is 0 Å². The van der Waals surface area contributed by atoms with Crippen molar-refractivity contribution >= 4 is 17.5 Å². The summed E-state index contributed by atoms with van der Waals surface area (Å²) in [6.07, 6.45) is 0. The molecule has 0 unspecified atom stereocenters. The molecule has 128 valence electrons. The Bertz CT molecular complexity index is 543. The van der Waals surface area contributed by atoms with Crippen molar-refractivity contribution in [3.8, 4) is 11.5 Å². The number of nitrogens with one attached hydrogen (secondary N) is 2. The molecule has 0 aliphatic rings. The second-order valence-electron chi connectivity index (χ2n) is 5.44. The lowest BCUT2D eigenvalue weighted by Gasteiger charge is -2.22. The molecule has 1 aromatic rings. The summed E-state index contributed by atoms with van der Waals surface area (Å²) in [5, 5.41) is 5.49. The number of ether oxygens (including phenoxy) is 2. The van der Waals surface area contributed by atoms with Crippen molar-refractivity contribution in [1.82, 2.24) is 5.32 Å². The average Bonchev–Trinajstić information content (AvgIpc) is 2.47. The summed E-state index contributed by atoms with van der Waals surface area (Å²) in [6.45, 7) is 9.92. The van der Waals surface area contributed by atoms with Crippen LogP contribution in [0.2, 0.25) is 0 Å². The number of amides is 2. The Hall–Kier alpha value is -2.24. The van der Waals surface area contributed by atoms with Crippen molar-refractivity contribution in [2.75, 3.05) is 18.5 Å². The number of benzene rings is 1. The van der Waals surface area contributed by atoms with Crippen LogP contribution in [0.15, 0.2) is 18.2 Å². The third-order valence-electron chi connectivity index (χ3n) is 3.13. The second-order valence-corrected chi connectivity index (χ2v) is 5.44. The molecule has 2 N–H and O–H groups in total. The molecule has 0 bridgehead atoms. The van der Waals surface area contributed by atoms with Crippen LogP contribution in [0.1, 0.15) is 34.6 Å². The van der Waals surface area contributed by atoms with Gasteiger partial charge in [0.25, 0.3) is 0 Å². The predicted molar refractivity (Wildman–Crippen MR) is 89.9 cm³/mol. The molecule has 0 saturated carbocycles. The summed E-state index contributed by atoms with van der Waals surface area (Å²) in [5.74, 6) is 0.641. The van der Waals surface area contributed by atoms with E-state index in [1.54, 1.807) is 18.2 Å². The third kappa shape index (κ3) is 5.81. The van der Waals surface area contributed by atoms with Crippen LogP contribution in [0.5, 0.6) is 11.5 Å². The monoisotopic (exact) mass is 322 g/mol. The van der Waals surface area contributed by atoms with Crippen LogP contribution in [-0.2, 0) is 9.59 Å². The van der Waals surface area contributed by atoms with Crippen molar-refractivity contribution in [2.45, 2.75) is 40.7 Å². The van der Waals surface area contributed by atoms with Gasteiger partial charge in [0.15, 0.2) is 0 Å². The highest BCUT2D eigenvalue weighted by Crippen LogP contribution is 2.29. The molecule has 0 fully saturated rings. The van der Waals surface area contributed by atoms with Gasteiger partial charge < -0.3 is 20.1 Å². The Morgan fingerprint density at radius 2 is 1.78 bits per heavy atom. The fourth-order valence-electron chi connectivity index (χ4n) is 2.11. The molecule has 6 nitrogen and oxygen atoms in total. The van der Waals surface area contributed by atoms with Gasteiger partial charge in [0.2, 0.25) is 11.8 Å². The number of carbonyl (C=O) groups is 2. The minimum absolute atomic E-state index is 0.0375. The van der Waals surface area contributed by atoms with Crippen LogP contribution < -0.4 is 20.1 Å². The zero-order chi connectivity index (χ0) is 17.4. The van der Waals surface area contributed by atoms with Crippen LogP contribution in [0, 0.1) is 5.92 Å². The molecule has 0 aliphatic heterocycles. The lowest BCUT2D eigenvalue weighted by atomic mass is 10.0. The SMILES string of the molecule is CCOc1ccc(OCC)c(NC(=O)[C@@H](NC(C)=O)C(C)C)c1. The first-order valence-electron chi connectivity index (χ1n) is 7.86. The smallest absolute Gasteiger partial charge is 0.247 e. The third-order valence-corrected chi connectivity index (χ3v) is 3.13. The number of anilines is 1. The molecule has 1 aromatic carbocycles. The molecule has 1 atom stereocenters. The summed E-state index contributed by atoms with van der Waals surface area (Å²) < 4.78 is 11.0. The van der Waals surface area contributed by atoms with E-state index < -0.39 is 6.04 Å². The Morgan fingerprint density at radius 3 is 2.30 bits per heavy atom. The Kier molecular flexibility index (Phi) is 7.38. The van der Waals surface area contributed by atoms with E-state index in [0.717, 1.165) is 0 Å². The van der Waals surface area contributed by atoms with Gasteiger partial charge in [0, 0.05) is 13.0 Å². The topological polar surface area (TPSA) is 76.7 Å². The number of carbonyl (C=O) groups excluding carboxylic acids is 2.